The van der Waals surface area contributed by atoms with E-state index in [4.69, 9.17) is 4.74 Å². The van der Waals surface area contributed by atoms with E-state index in [0.29, 0.717) is 6.61 Å². The number of Topliss-reactive ketones (excluding diaryl/α,β-unsaturated/α-hetero) is 1. The summed E-state index contributed by atoms with van der Waals surface area (Å²) >= 11 is 0. The summed E-state index contributed by atoms with van der Waals surface area (Å²) in [6, 6.07) is 0. The average molecular weight is 144 g/mol. The second-order valence-electron chi connectivity index (χ2n) is 2.17. The van der Waals surface area contributed by atoms with Crippen molar-refractivity contribution in [3.63, 3.8) is 0 Å². The first kappa shape index (κ1) is 9.63. The van der Waals surface area contributed by atoms with Gasteiger partial charge in [-0.1, -0.05) is 13.8 Å². The number of hydrogen-bond donors (Lipinski definition) is 0. The Morgan fingerprint density at radius 1 is 1.50 bits per heavy atom. The lowest BCUT2D eigenvalue weighted by Crippen LogP contribution is -2.09. The van der Waals surface area contributed by atoms with Crippen LogP contribution < -0.4 is 0 Å². The fourth-order valence-corrected chi connectivity index (χ4v) is 0.855. The predicted octanol–water partition coefficient (Wildman–Crippen LogP) is 1.64. The topological polar surface area (TPSA) is 26.3 Å². The molecule has 1 atom stereocenters. The van der Waals surface area contributed by atoms with E-state index in [0.717, 1.165) is 13.0 Å². The van der Waals surface area contributed by atoms with Crippen LogP contribution in [0.3, 0.4) is 0 Å². The first-order chi connectivity index (χ1) is 4.80. The summed E-state index contributed by atoms with van der Waals surface area (Å²) in [7, 11) is 0. The highest BCUT2D eigenvalue weighted by Crippen LogP contribution is 2.12. The number of hydrogen-bond acceptors (Lipinski definition) is 2. The second kappa shape index (κ2) is 5.42. The fourth-order valence-electron chi connectivity index (χ4n) is 0.855. The summed E-state index contributed by atoms with van der Waals surface area (Å²) in [5.41, 5.74) is 0. The number of rotatable bonds is 1. The van der Waals surface area contributed by atoms with Gasteiger partial charge in [0.05, 0.1) is 6.61 Å². The Hall–Kier alpha value is -0.370. The van der Waals surface area contributed by atoms with Crippen molar-refractivity contribution in [3.05, 3.63) is 0 Å². The molecule has 60 valence electrons. The Bertz CT molecular complexity index is 93.4. The molecule has 1 rings (SSSR count). The number of ketones is 1. The first-order valence-electron chi connectivity index (χ1n) is 3.89. The van der Waals surface area contributed by atoms with Gasteiger partial charge in [0.2, 0.25) is 0 Å². The molecule has 0 amide bonds. The molecule has 0 aliphatic carbocycles. The average Bonchev–Trinajstić information content (AvgIpc) is 2.42. The van der Waals surface area contributed by atoms with Crippen LogP contribution in [0.1, 0.15) is 27.2 Å². The highest BCUT2D eigenvalue weighted by Gasteiger charge is 2.18. The van der Waals surface area contributed by atoms with Crippen LogP contribution in [-0.4, -0.2) is 19.0 Å². The highest BCUT2D eigenvalue weighted by atomic mass is 16.5. The normalized spacial score (nSPS) is 23.3. The van der Waals surface area contributed by atoms with Crippen molar-refractivity contribution < 1.29 is 9.53 Å². The van der Waals surface area contributed by atoms with Gasteiger partial charge in [-0.25, -0.2) is 0 Å². The van der Waals surface area contributed by atoms with Gasteiger partial charge in [0, 0.05) is 12.5 Å². The van der Waals surface area contributed by atoms with Crippen LogP contribution in [0, 0.1) is 5.92 Å². The molecule has 1 heterocycles. The van der Waals surface area contributed by atoms with Gasteiger partial charge < -0.3 is 4.74 Å². The quantitative estimate of drug-likeness (QED) is 0.559. The fraction of sp³-hybridized carbons (Fsp3) is 0.875. The molecule has 0 aromatic carbocycles. The van der Waals surface area contributed by atoms with Crippen molar-refractivity contribution >= 4 is 5.78 Å². The van der Waals surface area contributed by atoms with E-state index in [1.165, 1.54) is 0 Å². The summed E-state index contributed by atoms with van der Waals surface area (Å²) < 4.78 is 5.00. The van der Waals surface area contributed by atoms with E-state index in [9.17, 15) is 4.79 Å². The molecule has 0 aromatic heterocycles. The maximum atomic E-state index is 10.6. The van der Waals surface area contributed by atoms with E-state index >= 15 is 0 Å². The third-order valence-corrected chi connectivity index (χ3v) is 1.50. The van der Waals surface area contributed by atoms with Crippen LogP contribution in [-0.2, 0) is 9.53 Å². The van der Waals surface area contributed by atoms with Gasteiger partial charge in [0.1, 0.15) is 5.78 Å². The highest BCUT2D eigenvalue weighted by molar-refractivity contribution is 5.78. The first-order valence-corrected chi connectivity index (χ1v) is 3.89. The predicted molar refractivity (Wildman–Crippen MR) is 41.0 cm³/mol. The molecule has 1 aliphatic heterocycles. The van der Waals surface area contributed by atoms with Crippen LogP contribution in [0.5, 0.6) is 0 Å². The van der Waals surface area contributed by atoms with Gasteiger partial charge in [0.25, 0.3) is 0 Å². The van der Waals surface area contributed by atoms with Crippen molar-refractivity contribution in [1.29, 1.82) is 0 Å². The van der Waals surface area contributed by atoms with Crippen molar-refractivity contribution in [2.45, 2.75) is 27.2 Å². The molecule has 0 bridgehead atoms. The lowest BCUT2D eigenvalue weighted by molar-refractivity contribution is -0.120. The molecular formula is C8H16O2. The standard InChI is InChI=1S/C6H10O2.C2H6/c1-5(7)6-2-3-8-4-6;1-2/h6H,2-4H2,1H3;1-2H3. The summed E-state index contributed by atoms with van der Waals surface area (Å²) in [6.07, 6.45) is 0.926. The Kier molecular flexibility index (Phi) is 5.22. The van der Waals surface area contributed by atoms with Crippen LogP contribution in [0.15, 0.2) is 0 Å². The van der Waals surface area contributed by atoms with Crippen LogP contribution >= 0.6 is 0 Å². The largest absolute Gasteiger partial charge is 0.381 e. The van der Waals surface area contributed by atoms with Crippen LogP contribution in [0.2, 0.25) is 0 Å². The third-order valence-electron chi connectivity index (χ3n) is 1.50. The minimum Gasteiger partial charge on any atom is -0.381 e. The second-order valence-corrected chi connectivity index (χ2v) is 2.17. The maximum Gasteiger partial charge on any atom is 0.135 e. The van der Waals surface area contributed by atoms with Gasteiger partial charge in [-0.15, -0.1) is 0 Å². The molecule has 0 saturated carbocycles. The number of carbonyl (C=O) groups is 1. The van der Waals surface area contributed by atoms with Gasteiger partial charge in [0.15, 0.2) is 0 Å². The van der Waals surface area contributed by atoms with Gasteiger partial charge >= 0.3 is 0 Å². The smallest absolute Gasteiger partial charge is 0.135 e. The summed E-state index contributed by atoms with van der Waals surface area (Å²) in [5.74, 6) is 0.470. The molecule has 0 N–H and O–H groups in total. The third kappa shape index (κ3) is 2.97. The molecule has 2 nitrogen and oxygen atoms in total. The van der Waals surface area contributed by atoms with E-state index in [-0.39, 0.29) is 11.7 Å². The Morgan fingerprint density at radius 3 is 2.30 bits per heavy atom. The molecule has 10 heavy (non-hydrogen) atoms. The summed E-state index contributed by atoms with van der Waals surface area (Å²) in [6.45, 7) is 7.04. The molecule has 1 fully saturated rings. The molecule has 1 aliphatic rings. The molecule has 0 spiro atoms. The minimum absolute atomic E-state index is 0.204. The molecule has 0 radical (unpaired) electrons. The summed E-state index contributed by atoms with van der Waals surface area (Å²) in [5, 5.41) is 0. The molecule has 1 saturated heterocycles. The van der Waals surface area contributed by atoms with E-state index in [1.807, 2.05) is 13.8 Å². The molecular weight excluding hydrogens is 128 g/mol. The van der Waals surface area contributed by atoms with Crippen molar-refractivity contribution in [3.8, 4) is 0 Å². The molecule has 2 heteroatoms. The lowest BCUT2D eigenvalue weighted by Gasteiger charge is -1.97. The van der Waals surface area contributed by atoms with Crippen LogP contribution in [0.4, 0.5) is 0 Å². The van der Waals surface area contributed by atoms with Crippen molar-refractivity contribution in [2.24, 2.45) is 5.92 Å². The Balaban J connectivity index is 0.000000371. The Labute approximate surface area is 62.6 Å². The monoisotopic (exact) mass is 144 g/mol. The zero-order chi connectivity index (χ0) is 7.98. The maximum absolute atomic E-state index is 10.6. The van der Waals surface area contributed by atoms with Crippen molar-refractivity contribution in [2.75, 3.05) is 13.2 Å². The molecule has 1 unspecified atom stereocenters. The molecule has 0 aromatic rings. The van der Waals surface area contributed by atoms with Gasteiger partial charge in [-0.2, -0.15) is 0 Å². The zero-order valence-corrected chi connectivity index (χ0v) is 7.02. The minimum atomic E-state index is 0.204. The number of carbonyl (C=O) groups excluding carboxylic acids is 1. The summed E-state index contributed by atoms with van der Waals surface area (Å²) in [4.78, 5) is 10.6. The van der Waals surface area contributed by atoms with E-state index < -0.39 is 0 Å². The van der Waals surface area contributed by atoms with Gasteiger partial charge in [-0.05, 0) is 13.3 Å². The number of ether oxygens (including phenoxy) is 1. The van der Waals surface area contributed by atoms with Crippen LogP contribution in [0.25, 0.3) is 0 Å². The lowest BCUT2D eigenvalue weighted by atomic mass is 10.1. The van der Waals surface area contributed by atoms with Crippen molar-refractivity contribution in [1.82, 2.24) is 0 Å². The zero-order valence-electron chi connectivity index (χ0n) is 7.02. The van der Waals surface area contributed by atoms with E-state index in [2.05, 4.69) is 0 Å². The SMILES string of the molecule is CC.CC(=O)C1CCOC1. The van der Waals surface area contributed by atoms with Gasteiger partial charge in [-0.3, -0.25) is 4.79 Å². The van der Waals surface area contributed by atoms with E-state index in [1.54, 1.807) is 6.92 Å². The Morgan fingerprint density at radius 2 is 2.10 bits per heavy atom.